The molecule has 0 spiro atoms. The molecule has 2 aromatic carbocycles. The zero-order valence-electron chi connectivity index (χ0n) is 11.1. The molecule has 1 nitrogen and oxygen atoms in total. The second-order valence-corrected chi connectivity index (χ2v) is 5.47. The first-order chi connectivity index (χ1) is 9.11. The molecule has 0 saturated heterocycles. The van der Waals surface area contributed by atoms with Crippen LogP contribution in [0.25, 0.3) is 0 Å². The predicted molar refractivity (Wildman–Crippen MR) is 80.8 cm³/mol. The van der Waals surface area contributed by atoms with Crippen LogP contribution in [0.1, 0.15) is 22.7 Å². The van der Waals surface area contributed by atoms with Crippen LogP contribution in [0.5, 0.6) is 0 Å². The SMILES string of the molecule is CNC(Cc1cccc(C)c1)c1cccc(F)c1Br. The summed E-state index contributed by atoms with van der Waals surface area (Å²) in [6.45, 7) is 2.08. The molecule has 2 rings (SSSR count). The number of aryl methyl sites for hydroxylation is 1. The maximum atomic E-state index is 13.6. The maximum absolute atomic E-state index is 13.6. The number of likely N-dealkylation sites (N-methyl/N-ethyl adjacent to an activating group) is 1. The first-order valence-electron chi connectivity index (χ1n) is 6.28. The molecule has 0 saturated carbocycles. The standard InChI is InChI=1S/C16H17BrFN/c1-11-5-3-6-12(9-11)10-15(19-2)13-7-4-8-14(18)16(13)17/h3-9,15,19H,10H2,1-2H3. The minimum atomic E-state index is -0.220. The molecule has 1 atom stereocenters. The van der Waals surface area contributed by atoms with Crippen molar-refractivity contribution in [3.05, 3.63) is 69.4 Å². The van der Waals surface area contributed by atoms with Crippen LogP contribution in [0.3, 0.4) is 0 Å². The highest BCUT2D eigenvalue weighted by Crippen LogP contribution is 2.28. The predicted octanol–water partition coefficient (Wildman–Crippen LogP) is 4.40. The van der Waals surface area contributed by atoms with Crippen molar-refractivity contribution in [1.82, 2.24) is 5.32 Å². The van der Waals surface area contributed by atoms with E-state index in [4.69, 9.17) is 0 Å². The summed E-state index contributed by atoms with van der Waals surface area (Å²) in [5, 5.41) is 3.26. The average Bonchev–Trinajstić information content (AvgIpc) is 2.40. The molecule has 0 fully saturated rings. The number of halogens is 2. The Morgan fingerprint density at radius 1 is 1.21 bits per heavy atom. The summed E-state index contributed by atoms with van der Waals surface area (Å²) in [5.41, 5.74) is 3.44. The summed E-state index contributed by atoms with van der Waals surface area (Å²) in [5.74, 6) is -0.220. The van der Waals surface area contributed by atoms with Gasteiger partial charge in [-0.1, -0.05) is 42.0 Å². The van der Waals surface area contributed by atoms with E-state index in [0.29, 0.717) is 4.47 Å². The molecule has 19 heavy (non-hydrogen) atoms. The molecule has 100 valence electrons. The van der Waals surface area contributed by atoms with Crippen LogP contribution >= 0.6 is 15.9 Å². The third-order valence-corrected chi connectivity index (χ3v) is 4.06. The Hall–Kier alpha value is -1.19. The molecule has 0 radical (unpaired) electrons. The molecule has 0 heterocycles. The van der Waals surface area contributed by atoms with Gasteiger partial charge in [-0.05, 0) is 53.5 Å². The summed E-state index contributed by atoms with van der Waals surface area (Å²) < 4.78 is 14.1. The molecule has 3 heteroatoms. The highest BCUT2D eigenvalue weighted by molar-refractivity contribution is 9.10. The van der Waals surface area contributed by atoms with Crippen LogP contribution in [0.15, 0.2) is 46.9 Å². The largest absolute Gasteiger partial charge is 0.313 e. The first-order valence-corrected chi connectivity index (χ1v) is 7.08. The molecule has 0 aliphatic rings. The maximum Gasteiger partial charge on any atom is 0.137 e. The normalized spacial score (nSPS) is 12.4. The Bertz CT molecular complexity index is 568. The molecule has 2 aromatic rings. The number of rotatable bonds is 4. The topological polar surface area (TPSA) is 12.0 Å². The van der Waals surface area contributed by atoms with Crippen molar-refractivity contribution in [3.8, 4) is 0 Å². The fourth-order valence-electron chi connectivity index (χ4n) is 2.23. The molecule has 0 aliphatic heterocycles. The highest BCUT2D eigenvalue weighted by Gasteiger charge is 2.15. The van der Waals surface area contributed by atoms with Crippen molar-refractivity contribution in [2.75, 3.05) is 7.05 Å². The fraction of sp³-hybridized carbons (Fsp3) is 0.250. The van der Waals surface area contributed by atoms with Gasteiger partial charge in [0.2, 0.25) is 0 Å². The summed E-state index contributed by atoms with van der Waals surface area (Å²) in [7, 11) is 1.90. The van der Waals surface area contributed by atoms with E-state index in [1.165, 1.54) is 17.2 Å². The van der Waals surface area contributed by atoms with Crippen LogP contribution in [-0.2, 0) is 6.42 Å². The van der Waals surface area contributed by atoms with Gasteiger partial charge in [-0.3, -0.25) is 0 Å². The van der Waals surface area contributed by atoms with Crippen molar-refractivity contribution in [2.24, 2.45) is 0 Å². The summed E-state index contributed by atoms with van der Waals surface area (Å²) in [4.78, 5) is 0. The van der Waals surface area contributed by atoms with Crippen molar-refractivity contribution < 1.29 is 4.39 Å². The average molecular weight is 322 g/mol. The Kier molecular flexibility index (Phi) is 4.72. The van der Waals surface area contributed by atoms with Gasteiger partial charge in [-0.2, -0.15) is 0 Å². The van der Waals surface area contributed by atoms with Crippen LogP contribution in [0, 0.1) is 12.7 Å². The molecule has 0 aliphatic carbocycles. The van der Waals surface area contributed by atoms with Gasteiger partial charge >= 0.3 is 0 Å². The van der Waals surface area contributed by atoms with Gasteiger partial charge in [-0.25, -0.2) is 4.39 Å². The van der Waals surface area contributed by atoms with E-state index in [0.717, 1.165) is 12.0 Å². The van der Waals surface area contributed by atoms with Crippen molar-refractivity contribution >= 4 is 15.9 Å². The van der Waals surface area contributed by atoms with E-state index < -0.39 is 0 Å². The Labute approximate surface area is 122 Å². The zero-order valence-corrected chi connectivity index (χ0v) is 12.7. The van der Waals surface area contributed by atoms with Crippen molar-refractivity contribution in [2.45, 2.75) is 19.4 Å². The molecular weight excluding hydrogens is 305 g/mol. The number of nitrogens with one attached hydrogen (secondary N) is 1. The number of benzene rings is 2. The fourth-order valence-corrected chi connectivity index (χ4v) is 2.77. The number of hydrogen-bond acceptors (Lipinski definition) is 1. The Morgan fingerprint density at radius 3 is 2.63 bits per heavy atom. The second-order valence-electron chi connectivity index (χ2n) is 4.68. The summed E-state index contributed by atoms with van der Waals surface area (Å²) >= 11 is 3.33. The lowest BCUT2D eigenvalue weighted by atomic mass is 9.98. The minimum absolute atomic E-state index is 0.0897. The van der Waals surface area contributed by atoms with Gasteiger partial charge in [-0.15, -0.1) is 0 Å². The van der Waals surface area contributed by atoms with E-state index in [1.807, 2.05) is 13.1 Å². The van der Waals surface area contributed by atoms with Gasteiger partial charge in [0.15, 0.2) is 0 Å². The van der Waals surface area contributed by atoms with Gasteiger partial charge in [0.1, 0.15) is 5.82 Å². The zero-order chi connectivity index (χ0) is 13.8. The first kappa shape index (κ1) is 14.2. The summed E-state index contributed by atoms with van der Waals surface area (Å²) in [6, 6.07) is 13.6. The molecule has 0 amide bonds. The van der Waals surface area contributed by atoms with E-state index in [1.54, 1.807) is 6.07 Å². The molecule has 1 N–H and O–H groups in total. The number of hydrogen-bond donors (Lipinski definition) is 1. The monoisotopic (exact) mass is 321 g/mol. The lowest BCUT2D eigenvalue weighted by Gasteiger charge is -2.19. The molecular formula is C16H17BrFN. The van der Waals surface area contributed by atoms with E-state index in [9.17, 15) is 4.39 Å². The van der Waals surface area contributed by atoms with Crippen LogP contribution in [0.2, 0.25) is 0 Å². The van der Waals surface area contributed by atoms with Gasteiger partial charge < -0.3 is 5.32 Å². The van der Waals surface area contributed by atoms with E-state index in [2.05, 4.69) is 52.4 Å². The Morgan fingerprint density at radius 2 is 1.95 bits per heavy atom. The summed E-state index contributed by atoms with van der Waals surface area (Å²) in [6.07, 6.45) is 0.834. The van der Waals surface area contributed by atoms with Crippen molar-refractivity contribution in [3.63, 3.8) is 0 Å². The third kappa shape index (κ3) is 3.43. The van der Waals surface area contributed by atoms with Gasteiger partial charge in [0.25, 0.3) is 0 Å². The second kappa shape index (κ2) is 6.31. The molecule has 1 unspecified atom stereocenters. The van der Waals surface area contributed by atoms with Crippen molar-refractivity contribution in [1.29, 1.82) is 0 Å². The smallest absolute Gasteiger partial charge is 0.137 e. The quantitative estimate of drug-likeness (QED) is 0.880. The van der Waals surface area contributed by atoms with Crippen LogP contribution < -0.4 is 5.32 Å². The van der Waals surface area contributed by atoms with Crippen LogP contribution in [-0.4, -0.2) is 7.05 Å². The van der Waals surface area contributed by atoms with Gasteiger partial charge in [0, 0.05) is 6.04 Å². The Balaban J connectivity index is 2.28. The lowest BCUT2D eigenvalue weighted by molar-refractivity contribution is 0.571. The molecule has 0 bridgehead atoms. The lowest BCUT2D eigenvalue weighted by Crippen LogP contribution is -2.19. The highest BCUT2D eigenvalue weighted by atomic mass is 79.9. The third-order valence-electron chi connectivity index (χ3n) is 3.23. The van der Waals surface area contributed by atoms with Crippen LogP contribution in [0.4, 0.5) is 4.39 Å². The van der Waals surface area contributed by atoms with E-state index >= 15 is 0 Å². The van der Waals surface area contributed by atoms with E-state index in [-0.39, 0.29) is 11.9 Å². The minimum Gasteiger partial charge on any atom is -0.313 e. The van der Waals surface area contributed by atoms with Gasteiger partial charge in [0.05, 0.1) is 4.47 Å². The molecule has 0 aromatic heterocycles.